The van der Waals surface area contributed by atoms with Crippen LogP contribution in [0, 0.1) is 6.92 Å². The van der Waals surface area contributed by atoms with Crippen molar-refractivity contribution in [2.75, 3.05) is 0 Å². The van der Waals surface area contributed by atoms with E-state index < -0.39 is 0 Å². The average Bonchev–Trinajstić information content (AvgIpc) is 2.38. The molecule has 18 heavy (non-hydrogen) atoms. The Morgan fingerprint density at radius 3 is 2.39 bits per heavy atom. The van der Waals surface area contributed by atoms with Gasteiger partial charge in [0.2, 0.25) is 0 Å². The summed E-state index contributed by atoms with van der Waals surface area (Å²) in [4.78, 5) is 0. The minimum atomic E-state index is 0.269. The smallest absolute Gasteiger partial charge is 0.115 e. The van der Waals surface area contributed by atoms with Gasteiger partial charge >= 0.3 is 0 Å². The minimum Gasteiger partial charge on any atom is -0.508 e. The maximum Gasteiger partial charge on any atom is 0.115 e. The molecule has 0 heterocycles. The molecular formula is C16H19NO. The van der Waals surface area contributed by atoms with Crippen molar-refractivity contribution in [1.29, 1.82) is 0 Å². The van der Waals surface area contributed by atoms with Crippen molar-refractivity contribution in [2.45, 2.75) is 26.4 Å². The van der Waals surface area contributed by atoms with E-state index in [4.69, 9.17) is 0 Å². The molecular weight excluding hydrogens is 222 g/mol. The van der Waals surface area contributed by atoms with Gasteiger partial charge in [-0.05, 0) is 42.7 Å². The highest BCUT2D eigenvalue weighted by atomic mass is 16.3. The van der Waals surface area contributed by atoms with Gasteiger partial charge in [-0.25, -0.2) is 0 Å². The fraction of sp³-hybridized carbons (Fsp3) is 0.250. The summed E-state index contributed by atoms with van der Waals surface area (Å²) in [5.41, 5.74) is 3.81. The van der Waals surface area contributed by atoms with E-state index in [-0.39, 0.29) is 6.04 Å². The van der Waals surface area contributed by atoms with Crippen molar-refractivity contribution in [3.63, 3.8) is 0 Å². The zero-order valence-corrected chi connectivity index (χ0v) is 10.9. The lowest BCUT2D eigenvalue weighted by atomic mass is 10.1. The second-order valence-corrected chi connectivity index (χ2v) is 4.62. The molecule has 94 valence electrons. The quantitative estimate of drug-likeness (QED) is 0.858. The summed E-state index contributed by atoms with van der Waals surface area (Å²) in [6.07, 6.45) is 0. The fourth-order valence-corrected chi connectivity index (χ4v) is 1.95. The molecule has 2 N–H and O–H groups in total. The maximum absolute atomic E-state index is 9.26. The highest BCUT2D eigenvalue weighted by molar-refractivity contribution is 5.28. The van der Waals surface area contributed by atoms with Gasteiger partial charge in [0, 0.05) is 12.6 Å². The molecule has 0 spiro atoms. The first-order valence-corrected chi connectivity index (χ1v) is 6.23. The Bertz CT molecular complexity index is 505. The van der Waals surface area contributed by atoms with E-state index in [1.54, 1.807) is 12.1 Å². The number of phenolic OH excluding ortho intramolecular Hbond substituents is 1. The summed E-state index contributed by atoms with van der Waals surface area (Å²) in [6.45, 7) is 5.11. The molecule has 2 heteroatoms. The van der Waals surface area contributed by atoms with Crippen LogP contribution in [0.1, 0.15) is 29.7 Å². The summed E-state index contributed by atoms with van der Waals surface area (Å²) in [6, 6.07) is 16.0. The third-order valence-corrected chi connectivity index (χ3v) is 3.25. The largest absolute Gasteiger partial charge is 0.508 e. The number of aromatic hydroxyl groups is 1. The summed E-state index contributed by atoms with van der Waals surface area (Å²) >= 11 is 0. The van der Waals surface area contributed by atoms with Crippen LogP contribution in [0.5, 0.6) is 5.75 Å². The van der Waals surface area contributed by atoms with Gasteiger partial charge in [0.1, 0.15) is 5.75 Å². The fourth-order valence-electron chi connectivity index (χ4n) is 1.95. The molecule has 0 aliphatic carbocycles. The van der Waals surface area contributed by atoms with Crippen molar-refractivity contribution in [3.05, 3.63) is 65.2 Å². The molecule has 2 aromatic rings. The van der Waals surface area contributed by atoms with Crippen LogP contribution < -0.4 is 5.32 Å². The van der Waals surface area contributed by atoms with Gasteiger partial charge in [-0.1, -0.05) is 36.4 Å². The van der Waals surface area contributed by atoms with Crippen LogP contribution >= 0.6 is 0 Å². The minimum absolute atomic E-state index is 0.269. The summed E-state index contributed by atoms with van der Waals surface area (Å²) in [7, 11) is 0. The van der Waals surface area contributed by atoms with Crippen molar-refractivity contribution in [1.82, 2.24) is 5.32 Å². The Morgan fingerprint density at radius 2 is 1.72 bits per heavy atom. The molecule has 0 aliphatic rings. The first-order chi connectivity index (χ1) is 8.66. The van der Waals surface area contributed by atoms with Crippen molar-refractivity contribution < 1.29 is 5.11 Å². The van der Waals surface area contributed by atoms with Crippen LogP contribution in [0.4, 0.5) is 0 Å². The third-order valence-electron chi connectivity index (χ3n) is 3.25. The number of rotatable bonds is 4. The van der Waals surface area contributed by atoms with E-state index >= 15 is 0 Å². The van der Waals surface area contributed by atoms with Crippen LogP contribution in [-0.2, 0) is 6.54 Å². The zero-order chi connectivity index (χ0) is 13.0. The van der Waals surface area contributed by atoms with Crippen LogP contribution in [0.15, 0.2) is 48.5 Å². The monoisotopic (exact) mass is 241 g/mol. The molecule has 2 aromatic carbocycles. The lowest BCUT2D eigenvalue weighted by Crippen LogP contribution is -2.18. The topological polar surface area (TPSA) is 32.3 Å². The lowest BCUT2D eigenvalue weighted by molar-refractivity contribution is 0.474. The van der Waals surface area contributed by atoms with Crippen molar-refractivity contribution in [2.24, 2.45) is 0 Å². The Balaban J connectivity index is 1.98. The van der Waals surface area contributed by atoms with Crippen molar-refractivity contribution in [3.8, 4) is 5.75 Å². The van der Waals surface area contributed by atoms with Crippen LogP contribution in [0.2, 0.25) is 0 Å². The zero-order valence-electron chi connectivity index (χ0n) is 10.9. The molecule has 2 nitrogen and oxygen atoms in total. The molecule has 0 saturated heterocycles. The number of hydrogen-bond donors (Lipinski definition) is 2. The molecule has 0 saturated carbocycles. The number of benzene rings is 2. The molecule has 1 unspecified atom stereocenters. The van der Waals surface area contributed by atoms with E-state index in [1.165, 1.54) is 16.7 Å². The second kappa shape index (κ2) is 5.69. The predicted octanol–water partition coefficient (Wildman–Crippen LogP) is 3.55. The van der Waals surface area contributed by atoms with E-state index in [9.17, 15) is 5.11 Å². The Hall–Kier alpha value is -1.80. The van der Waals surface area contributed by atoms with Crippen LogP contribution in [-0.4, -0.2) is 5.11 Å². The molecule has 0 radical (unpaired) electrons. The normalized spacial score (nSPS) is 12.3. The Kier molecular flexibility index (Phi) is 4.00. The molecule has 2 rings (SSSR count). The first kappa shape index (κ1) is 12.7. The van der Waals surface area contributed by atoms with E-state index in [0.29, 0.717) is 5.75 Å². The average molecular weight is 241 g/mol. The van der Waals surface area contributed by atoms with Gasteiger partial charge in [0.15, 0.2) is 0 Å². The highest BCUT2D eigenvalue weighted by Gasteiger charge is 2.05. The van der Waals surface area contributed by atoms with E-state index in [1.807, 2.05) is 12.1 Å². The second-order valence-electron chi connectivity index (χ2n) is 4.62. The third kappa shape index (κ3) is 3.11. The van der Waals surface area contributed by atoms with Gasteiger partial charge in [0.25, 0.3) is 0 Å². The van der Waals surface area contributed by atoms with E-state index in [2.05, 4.69) is 43.4 Å². The van der Waals surface area contributed by atoms with Crippen LogP contribution in [0.25, 0.3) is 0 Å². The highest BCUT2D eigenvalue weighted by Crippen LogP contribution is 2.17. The molecule has 0 fully saturated rings. The van der Waals surface area contributed by atoms with Gasteiger partial charge in [0.05, 0.1) is 0 Å². The van der Waals surface area contributed by atoms with E-state index in [0.717, 1.165) is 6.54 Å². The molecule has 1 atom stereocenters. The van der Waals surface area contributed by atoms with Gasteiger partial charge in [-0.3, -0.25) is 0 Å². The van der Waals surface area contributed by atoms with Gasteiger partial charge in [-0.15, -0.1) is 0 Å². The van der Waals surface area contributed by atoms with Gasteiger partial charge in [-0.2, -0.15) is 0 Å². The summed E-state index contributed by atoms with van der Waals surface area (Å²) < 4.78 is 0. The molecule has 0 aromatic heterocycles. The maximum atomic E-state index is 9.26. The standard InChI is InChI=1S/C16H19NO/c1-12-5-3-4-6-15(12)11-17-13(2)14-7-9-16(18)10-8-14/h3-10,13,17-18H,11H2,1-2H3. The molecule has 0 amide bonds. The number of hydrogen-bond acceptors (Lipinski definition) is 2. The summed E-state index contributed by atoms with van der Waals surface area (Å²) in [5.74, 6) is 0.310. The first-order valence-electron chi connectivity index (χ1n) is 6.23. The Labute approximate surface area is 108 Å². The van der Waals surface area contributed by atoms with Gasteiger partial charge < -0.3 is 10.4 Å². The number of aryl methyl sites for hydroxylation is 1. The summed E-state index contributed by atoms with van der Waals surface area (Å²) in [5, 5.41) is 12.8. The van der Waals surface area contributed by atoms with Crippen LogP contribution in [0.3, 0.4) is 0 Å². The number of nitrogens with one attached hydrogen (secondary N) is 1. The SMILES string of the molecule is Cc1ccccc1CNC(C)c1ccc(O)cc1. The number of phenols is 1. The predicted molar refractivity (Wildman–Crippen MR) is 74.5 cm³/mol. The molecule has 0 bridgehead atoms. The Morgan fingerprint density at radius 1 is 1.06 bits per heavy atom. The van der Waals surface area contributed by atoms with Crippen molar-refractivity contribution >= 4 is 0 Å². The lowest BCUT2D eigenvalue weighted by Gasteiger charge is -2.15. The molecule has 0 aliphatic heterocycles.